The first-order chi connectivity index (χ1) is 8.11. The fourth-order valence-corrected chi connectivity index (χ4v) is 1.57. The molecule has 4 N–H and O–H groups in total. The largest absolute Gasteiger partial charge is 0.396 e. The molecule has 5 heteroatoms. The van der Waals surface area contributed by atoms with Crippen LogP contribution in [0.5, 0.6) is 0 Å². The van der Waals surface area contributed by atoms with Crippen LogP contribution in [0.4, 0.5) is 10.1 Å². The van der Waals surface area contributed by atoms with Crippen molar-refractivity contribution in [3.8, 4) is 11.3 Å². The maximum atomic E-state index is 13.2. The van der Waals surface area contributed by atoms with Gasteiger partial charge < -0.3 is 11.5 Å². The van der Waals surface area contributed by atoms with Crippen molar-refractivity contribution in [3.05, 3.63) is 47.9 Å². The molecule has 0 bridgehead atoms. The molecule has 2 rings (SSSR count). The Hall–Kier alpha value is -2.43. The Bertz CT molecular complexity index is 569. The Balaban J connectivity index is 2.71. The molecule has 0 aliphatic rings. The van der Waals surface area contributed by atoms with Crippen molar-refractivity contribution >= 4 is 11.6 Å². The molecule has 1 aromatic carbocycles. The number of pyridine rings is 1. The van der Waals surface area contributed by atoms with Crippen molar-refractivity contribution in [1.82, 2.24) is 4.98 Å². The van der Waals surface area contributed by atoms with E-state index in [0.29, 0.717) is 5.56 Å². The second kappa shape index (κ2) is 4.21. The number of aromatic nitrogens is 1. The van der Waals surface area contributed by atoms with E-state index < -0.39 is 11.7 Å². The molecule has 0 saturated carbocycles. The zero-order valence-electron chi connectivity index (χ0n) is 8.85. The van der Waals surface area contributed by atoms with Gasteiger partial charge in [0, 0.05) is 5.56 Å². The fourth-order valence-electron chi connectivity index (χ4n) is 1.57. The fraction of sp³-hybridized carbons (Fsp3) is 0. The first-order valence-corrected chi connectivity index (χ1v) is 4.90. The van der Waals surface area contributed by atoms with Gasteiger partial charge in [0.15, 0.2) is 5.82 Å². The molecule has 0 saturated heterocycles. The summed E-state index contributed by atoms with van der Waals surface area (Å²) in [5.41, 5.74) is 11.3. The number of carbonyl (C=O) groups is 1. The molecule has 0 unspecified atom stereocenters. The molecule has 2 aromatic rings. The van der Waals surface area contributed by atoms with E-state index in [1.165, 1.54) is 0 Å². The molecule has 0 aliphatic heterocycles. The van der Waals surface area contributed by atoms with E-state index in [2.05, 4.69) is 4.98 Å². The highest BCUT2D eigenvalue weighted by Gasteiger charge is 2.18. The summed E-state index contributed by atoms with van der Waals surface area (Å²) in [7, 11) is 0. The van der Waals surface area contributed by atoms with E-state index in [-0.39, 0.29) is 16.9 Å². The minimum Gasteiger partial charge on any atom is -0.396 e. The minimum absolute atomic E-state index is 0.0869. The van der Waals surface area contributed by atoms with Crippen LogP contribution in [0, 0.1) is 5.82 Å². The number of rotatable bonds is 2. The van der Waals surface area contributed by atoms with E-state index in [9.17, 15) is 9.18 Å². The molecule has 0 fully saturated rings. The van der Waals surface area contributed by atoms with Crippen molar-refractivity contribution < 1.29 is 9.18 Å². The molecule has 0 atom stereocenters. The van der Waals surface area contributed by atoms with Crippen LogP contribution in [0.3, 0.4) is 0 Å². The number of benzene rings is 1. The van der Waals surface area contributed by atoms with Gasteiger partial charge in [-0.3, -0.25) is 9.78 Å². The van der Waals surface area contributed by atoms with Crippen molar-refractivity contribution in [2.75, 3.05) is 5.73 Å². The van der Waals surface area contributed by atoms with Gasteiger partial charge in [-0.05, 0) is 0 Å². The average molecular weight is 231 g/mol. The summed E-state index contributed by atoms with van der Waals surface area (Å²) in [6, 6.07) is 8.86. The zero-order valence-corrected chi connectivity index (χ0v) is 8.85. The summed E-state index contributed by atoms with van der Waals surface area (Å²) >= 11 is 0. The highest BCUT2D eigenvalue weighted by molar-refractivity contribution is 6.03. The Kier molecular flexibility index (Phi) is 2.74. The highest BCUT2D eigenvalue weighted by atomic mass is 19.1. The van der Waals surface area contributed by atoms with Crippen LogP contribution < -0.4 is 11.5 Å². The number of amides is 1. The zero-order chi connectivity index (χ0) is 12.4. The maximum absolute atomic E-state index is 13.2. The summed E-state index contributed by atoms with van der Waals surface area (Å²) in [6.45, 7) is 0. The number of anilines is 1. The number of primary amides is 1. The third-order valence-electron chi connectivity index (χ3n) is 2.36. The van der Waals surface area contributed by atoms with Gasteiger partial charge in [0.25, 0.3) is 5.91 Å². The third-order valence-corrected chi connectivity index (χ3v) is 2.36. The average Bonchev–Trinajstić information content (AvgIpc) is 2.33. The smallest absolute Gasteiger partial charge is 0.253 e. The molecule has 0 radical (unpaired) electrons. The van der Waals surface area contributed by atoms with Crippen LogP contribution >= 0.6 is 0 Å². The lowest BCUT2D eigenvalue weighted by Crippen LogP contribution is -2.17. The summed E-state index contributed by atoms with van der Waals surface area (Å²) in [6.07, 6.45) is 0.976. The number of hydrogen-bond donors (Lipinski definition) is 2. The monoisotopic (exact) mass is 231 g/mol. The lowest BCUT2D eigenvalue weighted by Gasteiger charge is -2.09. The predicted molar refractivity (Wildman–Crippen MR) is 62.6 cm³/mol. The van der Waals surface area contributed by atoms with Gasteiger partial charge >= 0.3 is 0 Å². The van der Waals surface area contributed by atoms with Crippen LogP contribution in [0.25, 0.3) is 11.3 Å². The lowest BCUT2D eigenvalue weighted by atomic mass is 10.0. The predicted octanol–water partition coefficient (Wildman–Crippen LogP) is 1.57. The number of nitrogens with zero attached hydrogens (tertiary/aromatic N) is 1. The minimum atomic E-state index is -0.798. The van der Waals surface area contributed by atoms with Gasteiger partial charge in [-0.2, -0.15) is 0 Å². The molecule has 0 spiro atoms. The van der Waals surface area contributed by atoms with E-state index >= 15 is 0 Å². The number of carbonyl (C=O) groups excluding carboxylic acids is 1. The van der Waals surface area contributed by atoms with Gasteiger partial charge in [-0.1, -0.05) is 30.3 Å². The highest BCUT2D eigenvalue weighted by Crippen LogP contribution is 2.26. The normalized spacial score (nSPS) is 10.2. The van der Waals surface area contributed by atoms with Crippen molar-refractivity contribution in [2.24, 2.45) is 5.73 Å². The van der Waals surface area contributed by atoms with Gasteiger partial charge in [-0.25, -0.2) is 4.39 Å². The quantitative estimate of drug-likeness (QED) is 0.822. The summed E-state index contributed by atoms with van der Waals surface area (Å²) in [5.74, 6) is -1.55. The number of halogens is 1. The summed E-state index contributed by atoms with van der Waals surface area (Å²) in [5, 5.41) is 0. The third kappa shape index (κ3) is 1.94. The first kappa shape index (κ1) is 11.1. The van der Waals surface area contributed by atoms with Crippen LogP contribution in [0.15, 0.2) is 36.5 Å². The SMILES string of the molecule is NC(=O)c1c(-c2ccccc2)ncc(F)c1N. The number of nitrogens with two attached hydrogens (primary N) is 2. The van der Waals surface area contributed by atoms with Gasteiger partial charge in [0.2, 0.25) is 0 Å². The molecule has 1 heterocycles. The number of hydrogen-bond acceptors (Lipinski definition) is 3. The molecule has 1 amide bonds. The molecular formula is C12H10FN3O. The van der Waals surface area contributed by atoms with E-state index in [1.807, 2.05) is 6.07 Å². The van der Waals surface area contributed by atoms with Crippen molar-refractivity contribution in [1.29, 1.82) is 0 Å². The molecule has 17 heavy (non-hydrogen) atoms. The van der Waals surface area contributed by atoms with Crippen LogP contribution in [0.2, 0.25) is 0 Å². The Labute approximate surface area is 97.1 Å². The van der Waals surface area contributed by atoms with Crippen LogP contribution in [-0.4, -0.2) is 10.9 Å². The molecule has 4 nitrogen and oxygen atoms in total. The van der Waals surface area contributed by atoms with Gasteiger partial charge in [0.05, 0.1) is 23.1 Å². The lowest BCUT2D eigenvalue weighted by molar-refractivity contribution is 0.100. The van der Waals surface area contributed by atoms with Gasteiger partial charge in [0.1, 0.15) is 0 Å². The first-order valence-electron chi connectivity index (χ1n) is 4.90. The standard InChI is InChI=1S/C12H10FN3O/c13-8-6-16-11(7-4-2-1-3-5-7)9(10(8)14)12(15)17/h1-6H,(H2,14,16)(H2,15,17). The van der Waals surface area contributed by atoms with E-state index in [0.717, 1.165) is 6.20 Å². The summed E-state index contributed by atoms with van der Waals surface area (Å²) < 4.78 is 13.2. The topological polar surface area (TPSA) is 82.0 Å². The second-order valence-corrected chi connectivity index (χ2v) is 3.47. The molecule has 86 valence electrons. The van der Waals surface area contributed by atoms with Crippen LogP contribution in [-0.2, 0) is 0 Å². The summed E-state index contributed by atoms with van der Waals surface area (Å²) in [4.78, 5) is 15.2. The molecule has 0 aliphatic carbocycles. The second-order valence-electron chi connectivity index (χ2n) is 3.47. The van der Waals surface area contributed by atoms with Crippen molar-refractivity contribution in [2.45, 2.75) is 0 Å². The van der Waals surface area contributed by atoms with Crippen LogP contribution in [0.1, 0.15) is 10.4 Å². The maximum Gasteiger partial charge on any atom is 0.253 e. The Morgan fingerprint density at radius 2 is 1.88 bits per heavy atom. The Morgan fingerprint density at radius 3 is 2.47 bits per heavy atom. The van der Waals surface area contributed by atoms with Crippen molar-refractivity contribution in [3.63, 3.8) is 0 Å². The molecular weight excluding hydrogens is 221 g/mol. The number of nitrogen functional groups attached to an aromatic ring is 1. The van der Waals surface area contributed by atoms with E-state index in [1.54, 1.807) is 24.3 Å². The Morgan fingerprint density at radius 1 is 1.24 bits per heavy atom. The van der Waals surface area contributed by atoms with Gasteiger partial charge in [-0.15, -0.1) is 0 Å². The van der Waals surface area contributed by atoms with E-state index in [4.69, 9.17) is 11.5 Å². The molecule has 1 aromatic heterocycles.